The van der Waals surface area contributed by atoms with E-state index in [0.29, 0.717) is 25.7 Å². The van der Waals surface area contributed by atoms with Gasteiger partial charge in [0.1, 0.15) is 12.2 Å². The molecule has 0 bridgehead atoms. The third-order valence-corrected chi connectivity index (χ3v) is 4.42. The van der Waals surface area contributed by atoms with Crippen LogP contribution < -0.4 is 0 Å². The van der Waals surface area contributed by atoms with Crippen molar-refractivity contribution in [2.24, 2.45) is 0 Å². The Labute approximate surface area is 155 Å². The highest BCUT2D eigenvalue weighted by molar-refractivity contribution is 5.82. The van der Waals surface area contributed by atoms with Gasteiger partial charge in [-0.25, -0.2) is 4.79 Å². The molecule has 0 saturated heterocycles. The van der Waals surface area contributed by atoms with Gasteiger partial charge in [-0.05, 0) is 24.8 Å². The van der Waals surface area contributed by atoms with Gasteiger partial charge in [0.25, 0.3) is 0 Å². The van der Waals surface area contributed by atoms with Crippen molar-refractivity contribution in [1.29, 1.82) is 0 Å². The summed E-state index contributed by atoms with van der Waals surface area (Å²) in [4.78, 5) is 22.7. The molecule has 1 aliphatic heterocycles. The Bertz CT molecular complexity index is 596. The largest absolute Gasteiger partial charge is 0.462 e. The molecule has 5 nitrogen and oxygen atoms in total. The molecular weight excluding hydrogens is 332 g/mol. The molecule has 0 aliphatic carbocycles. The van der Waals surface area contributed by atoms with E-state index < -0.39 is 12.2 Å². The lowest BCUT2D eigenvalue weighted by molar-refractivity contribution is -0.153. The molecule has 0 unspecified atom stereocenters. The maximum Gasteiger partial charge on any atom is 0.330 e. The van der Waals surface area contributed by atoms with Gasteiger partial charge in [0.2, 0.25) is 0 Å². The Kier molecular flexibility index (Phi) is 8.35. The lowest BCUT2D eigenvalue weighted by Gasteiger charge is -2.25. The number of hydrogen-bond donors (Lipinski definition) is 1. The zero-order chi connectivity index (χ0) is 18.8. The molecule has 1 N–H and O–H groups in total. The monoisotopic (exact) mass is 360 g/mol. The molecule has 142 valence electrons. The number of carbonyl (C=O) groups is 2. The van der Waals surface area contributed by atoms with Crippen LogP contribution in [0.5, 0.6) is 0 Å². The van der Waals surface area contributed by atoms with Crippen molar-refractivity contribution in [2.75, 3.05) is 0 Å². The van der Waals surface area contributed by atoms with Crippen molar-refractivity contribution < 1.29 is 24.2 Å². The second-order valence-corrected chi connectivity index (χ2v) is 6.79. The summed E-state index contributed by atoms with van der Waals surface area (Å²) >= 11 is 0. The van der Waals surface area contributed by atoms with E-state index in [0.717, 1.165) is 19.3 Å². The first-order chi connectivity index (χ1) is 12.5. The average molecular weight is 360 g/mol. The highest BCUT2D eigenvalue weighted by Gasteiger charge is 2.25. The minimum Gasteiger partial charge on any atom is -0.462 e. The number of hydrogen-bond acceptors (Lipinski definition) is 5. The zero-order valence-corrected chi connectivity index (χ0v) is 15.3. The van der Waals surface area contributed by atoms with Crippen molar-refractivity contribution in [2.45, 2.75) is 70.2 Å². The number of ether oxygens (including phenoxy) is 2. The number of esters is 2. The summed E-state index contributed by atoms with van der Waals surface area (Å²) in [6, 6.07) is 10.3. The van der Waals surface area contributed by atoms with Gasteiger partial charge in [-0.3, -0.25) is 4.79 Å². The van der Waals surface area contributed by atoms with Crippen LogP contribution in [0.2, 0.25) is 0 Å². The Hall–Kier alpha value is -2.14. The number of carbonyl (C=O) groups excluding carboxylic acids is 2. The maximum absolute atomic E-state index is 11.3. The lowest BCUT2D eigenvalue weighted by Crippen LogP contribution is -2.30. The first-order valence-electron chi connectivity index (χ1n) is 9.29. The molecule has 1 aromatic rings. The van der Waals surface area contributed by atoms with Gasteiger partial charge in [-0.1, -0.05) is 42.8 Å². The summed E-state index contributed by atoms with van der Waals surface area (Å²) in [6.07, 6.45) is 6.83. The molecule has 0 aromatic heterocycles. The van der Waals surface area contributed by atoms with E-state index in [4.69, 9.17) is 9.47 Å². The van der Waals surface area contributed by atoms with Crippen LogP contribution >= 0.6 is 0 Å². The van der Waals surface area contributed by atoms with Crippen molar-refractivity contribution in [3.63, 3.8) is 0 Å². The van der Waals surface area contributed by atoms with E-state index >= 15 is 0 Å². The number of aliphatic hydroxyl groups excluding tert-OH is 1. The normalized spacial score (nSPS) is 18.8. The fraction of sp³-hybridized carbons (Fsp3) is 0.524. The Morgan fingerprint density at radius 3 is 2.77 bits per heavy atom. The lowest BCUT2D eigenvalue weighted by atomic mass is 9.98. The third kappa shape index (κ3) is 7.83. The number of rotatable bonds is 10. The SMILES string of the molecule is CC(=O)O[C@@H](C[C@@H](O)CCCCc1ccccc1)C[C@H]1CC=CC(=O)O1. The Morgan fingerprint density at radius 2 is 2.08 bits per heavy atom. The summed E-state index contributed by atoms with van der Waals surface area (Å²) in [6.45, 7) is 1.35. The third-order valence-electron chi connectivity index (χ3n) is 4.42. The Balaban J connectivity index is 1.72. The first kappa shape index (κ1) is 20.2. The summed E-state index contributed by atoms with van der Waals surface area (Å²) in [5.74, 6) is -0.756. The number of benzene rings is 1. The van der Waals surface area contributed by atoms with Gasteiger partial charge < -0.3 is 14.6 Å². The summed E-state index contributed by atoms with van der Waals surface area (Å²) in [5.41, 5.74) is 1.30. The molecule has 2 rings (SSSR count). The van der Waals surface area contributed by atoms with E-state index in [2.05, 4.69) is 12.1 Å². The summed E-state index contributed by atoms with van der Waals surface area (Å²) in [5, 5.41) is 10.3. The van der Waals surface area contributed by atoms with Gasteiger partial charge in [0, 0.05) is 32.3 Å². The number of cyclic esters (lactones) is 1. The fourth-order valence-electron chi connectivity index (χ4n) is 3.21. The molecule has 0 spiro atoms. The minimum atomic E-state index is -0.537. The van der Waals surface area contributed by atoms with Crippen LogP contribution in [0.15, 0.2) is 42.5 Å². The van der Waals surface area contributed by atoms with Crippen LogP contribution in [0.4, 0.5) is 0 Å². The van der Waals surface area contributed by atoms with Crippen LogP contribution in [-0.2, 0) is 25.5 Å². The number of aliphatic hydroxyl groups is 1. The van der Waals surface area contributed by atoms with E-state index in [1.165, 1.54) is 18.6 Å². The smallest absolute Gasteiger partial charge is 0.330 e. The fourth-order valence-corrected chi connectivity index (χ4v) is 3.21. The van der Waals surface area contributed by atoms with Crippen LogP contribution in [0, 0.1) is 0 Å². The van der Waals surface area contributed by atoms with Crippen molar-refractivity contribution >= 4 is 11.9 Å². The highest BCUT2D eigenvalue weighted by Crippen LogP contribution is 2.20. The molecule has 26 heavy (non-hydrogen) atoms. The van der Waals surface area contributed by atoms with Crippen LogP contribution in [-0.4, -0.2) is 35.4 Å². The molecule has 0 saturated carbocycles. The Morgan fingerprint density at radius 1 is 1.31 bits per heavy atom. The molecular formula is C21H28O5. The second kappa shape index (κ2) is 10.8. The average Bonchev–Trinajstić information content (AvgIpc) is 2.59. The minimum absolute atomic E-state index is 0.304. The van der Waals surface area contributed by atoms with Crippen molar-refractivity contribution in [1.82, 2.24) is 0 Å². The van der Waals surface area contributed by atoms with Gasteiger partial charge in [0.05, 0.1) is 6.10 Å². The molecule has 1 aromatic carbocycles. The van der Waals surface area contributed by atoms with Gasteiger partial charge in [-0.15, -0.1) is 0 Å². The summed E-state index contributed by atoms with van der Waals surface area (Å²) in [7, 11) is 0. The van der Waals surface area contributed by atoms with E-state index in [1.54, 1.807) is 6.08 Å². The number of aryl methyl sites for hydroxylation is 1. The van der Waals surface area contributed by atoms with Gasteiger partial charge >= 0.3 is 11.9 Å². The van der Waals surface area contributed by atoms with E-state index in [-0.39, 0.29) is 18.0 Å². The van der Waals surface area contributed by atoms with Gasteiger partial charge in [0.15, 0.2) is 0 Å². The van der Waals surface area contributed by atoms with E-state index in [9.17, 15) is 14.7 Å². The summed E-state index contributed by atoms with van der Waals surface area (Å²) < 4.78 is 10.5. The second-order valence-electron chi connectivity index (χ2n) is 6.79. The standard InChI is InChI=1S/C21H28O5/c1-16(22)25-20(15-19-12-7-13-21(24)26-19)14-18(23)11-6-5-10-17-8-3-2-4-9-17/h2-4,7-9,13,18-20,23H,5-6,10-12,14-15H2,1H3/t18-,19+,20-/m0/s1. The topological polar surface area (TPSA) is 72.8 Å². The highest BCUT2D eigenvalue weighted by atomic mass is 16.6. The van der Waals surface area contributed by atoms with E-state index in [1.807, 2.05) is 18.2 Å². The van der Waals surface area contributed by atoms with Crippen LogP contribution in [0.3, 0.4) is 0 Å². The van der Waals surface area contributed by atoms with Gasteiger partial charge in [-0.2, -0.15) is 0 Å². The predicted octanol–water partition coefficient (Wildman–Crippen LogP) is 3.34. The molecule has 1 heterocycles. The van der Waals surface area contributed by atoms with Crippen molar-refractivity contribution in [3.8, 4) is 0 Å². The van der Waals surface area contributed by atoms with Crippen LogP contribution in [0.25, 0.3) is 0 Å². The predicted molar refractivity (Wildman–Crippen MR) is 98.4 cm³/mol. The molecule has 0 radical (unpaired) electrons. The first-order valence-corrected chi connectivity index (χ1v) is 9.29. The molecule has 3 atom stereocenters. The van der Waals surface area contributed by atoms with Crippen molar-refractivity contribution in [3.05, 3.63) is 48.0 Å². The van der Waals surface area contributed by atoms with Crippen LogP contribution in [0.1, 0.15) is 51.0 Å². The molecule has 1 aliphatic rings. The number of unbranched alkanes of at least 4 members (excludes halogenated alkanes) is 1. The molecule has 0 amide bonds. The maximum atomic E-state index is 11.3. The molecule has 0 fully saturated rings. The molecule has 5 heteroatoms. The quantitative estimate of drug-likeness (QED) is 0.512. The zero-order valence-electron chi connectivity index (χ0n) is 15.3.